The predicted octanol–water partition coefficient (Wildman–Crippen LogP) is 9.18. The number of aliphatic carboxylic acids is 1. The van der Waals surface area contributed by atoms with Gasteiger partial charge in [-0.15, -0.1) is 0 Å². The summed E-state index contributed by atoms with van der Waals surface area (Å²) in [6, 6.07) is 0. The first-order chi connectivity index (χ1) is 25.8. The average Bonchev–Trinajstić information content (AvgIpc) is 3.74. The normalized spacial score (nSPS) is 46.6. The fraction of sp³-hybridized carbons (Fsp3) is 0.936. The number of carbonyl (C=O) groups is 3. The molecule has 8 fully saturated rings. The molecule has 0 radical (unpaired) electrons. The Morgan fingerprint density at radius 3 is 2.02 bits per heavy atom. The van der Waals surface area contributed by atoms with Gasteiger partial charge in [-0.3, -0.25) is 14.4 Å². The predicted molar refractivity (Wildman–Crippen MR) is 212 cm³/mol. The fourth-order valence-electron chi connectivity index (χ4n) is 16.3. The van der Waals surface area contributed by atoms with Crippen LogP contribution in [0.15, 0.2) is 0 Å². The van der Waals surface area contributed by atoms with Gasteiger partial charge < -0.3 is 24.2 Å². The van der Waals surface area contributed by atoms with Crippen LogP contribution in [-0.2, 0) is 28.6 Å². The van der Waals surface area contributed by atoms with Crippen molar-refractivity contribution in [3.05, 3.63) is 0 Å². The van der Waals surface area contributed by atoms with Gasteiger partial charge in [0.05, 0.1) is 36.6 Å². The number of methoxy groups -OCH3 is 1. The molecule has 1 heterocycles. The lowest BCUT2D eigenvalue weighted by atomic mass is 9.32. The van der Waals surface area contributed by atoms with Crippen molar-refractivity contribution >= 4 is 17.8 Å². The molecule has 7 aliphatic carbocycles. The number of fused-ring (bicyclic) bond motifs is 7. The van der Waals surface area contributed by atoms with Gasteiger partial charge in [-0.1, -0.05) is 55.4 Å². The van der Waals surface area contributed by atoms with Crippen molar-refractivity contribution in [1.29, 1.82) is 0 Å². The minimum absolute atomic E-state index is 0.143. The van der Waals surface area contributed by atoms with E-state index in [0.29, 0.717) is 60.5 Å². The number of piperidine rings is 1. The molecule has 310 valence electrons. The Morgan fingerprint density at radius 2 is 1.38 bits per heavy atom. The highest BCUT2D eigenvalue weighted by molar-refractivity contribution is 5.84. The van der Waals surface area contributed by atoms with E-state index in [1.54, 1.807) is 7.11 Å². The highest BCUT2D eigenvalue weighted by Crippen LogP contribution is 2.79. The maximum absolute atomic E-state index is 15.1. The van der Waals surface area contributed by atoms with Crippen LogP contribution in [0, 0.1) is 79.3 Å². The van der Waals surface area contributed by atoms with Crippen LogP contribution in [0.2, 0.25) is 0 Å². The number of nitrogens with zero attached hydrogens (tertiary/aromatic N) is 1. The zero-order chi connectivity index (χ0) is 39.6. The van der Waals surface area contributed by atoms with E-state index in [1.165, 1.54) is 38.5 Å². The molecule has 1 saturated heterocycles. The first-order valence-electron chi connectivity index (χ1n) is 22.6. The highest BCUT2D eigenvalue weighted by atomic mass is 16.5. The quantitative estimate of drug-likeness (QED) is 0.185. The van der Waals surface area contributed by atoms with Crippen LogP contribution < -0.4 is 0 Å². The number of carbonyl (C=O) groups excluding carboxylic acids is 2. The second kappa shape index (κ2) is 13.4. The third-order valence-corrected chi connectivity index (χ3v) is 20.2. The molecule has 0 aromatic carbocycles. The zero-order valence-electron chi connectivity index (χ0n) is 36.0. The van der Waals surface area contributed by atoms with E-state index in [4.69, 9.17) is 14.2 Å². The molecule has 0 aromatic rings. The van der Waals surface area contributed by atoms with Crippen LogP contribution >= 0.6 is 0 Å². The van der Waals surface area contributed by atoms with E-state index in [0.717, 1.165) is 64.5 Å². The van der Waals surface area contributed by atoms with Crippen molar-refractivity contribution in [3.8, 4) is 0 Å². The van der Waals surface area contributed by atoms with E-state index in [2.05, 4.69) is 46.4 Å². The van der Waals surface area contributed by atoms with Crippen LogP contribution in [0.3, 0.4) is 0 Å². The molecule has 0 spiro atoms. The standard InChI is InChI=1S/C47H75NO7/c1-41(2)32(38(49)50)28-33(41)39(51)55-36-14-17-44(6)34(42(36,3)4)13-18-46(8)35(44)11-10-31-37-30(43(5)20-21-43)12-19-47(37,23-22-45(31,46)7)40(52)48-24-15-29(16-25-48)54-27-26-53-9/h29-37H,10-28H2,1-9H3,(H,49,50). The van der Waals surface area contributed by atoms with Crippen molar-refractivity contribution in [2.45, 2.75) is 164 Å². The molecule has 55 heavy (non-hydrogen) atoms. The summed E-state index contributed by atoms with van der Waals surface area (Å²) in [5.74, 6) is 1.43. The molecule has 1 amide bonds. The Kier molecular flexibility index (Phi) is 9.80. The second-order valence-corrected chi connectivity index (χ2v) is 22.8. The maximum atomic E-state index is 15.1. The van der Waals surface area contributed by atoms with Crippen LogP contribution in [0.1, 0.15) is 152 Å². The molecule has 0 bridgehead atoms. The van der Waals surface area contributed by atoms with Crippen LogP contribution in [0.5, 0.6) is 0 Å². The Morgan fingerprint density at radius 1 is 0.673 bits per heavy atom. The molecule has 12 unspecified atom stereocenters. The van der Waals surface area contributed by atoms with Crippen molar-refractivity contribution < 1.29 is 33.7 Å². The Labute approximate surface area is 332 Å². The van der Waals surface area contributed by atoms with Gasteiger partial charge in [-0.2, -0.15) is 0 Å². The monoisotopic (exact) mass is 766 g/mol. The summed E-state index contributed by atoms with van der Waals surface area (Å²) in [6.07, 6.45) is 16.3. The first kappa shape index (κ1) is 40.1. The van der Waals surface area contributed by atoms with Crippen LogP contribution in [-0.4, -0.2) is 73.5 Å². The number of carboxylic acid groups (broad SMARTS) is 1. The van der Waals surface area contributed by atoms with Crippen LogP contribution in [0.4, 0.5) is 0 Å². The van der Waals surface area contributed by atoms with E-state index >= 15 is 4.79 Å². The SMILES string of the molecule is COCCOC1CCN(C(=O)C23CCC(C4(C)CC4)C2C2CCC4C5(C)CCC(OC(=O)C6CC(C(=O)O)C6(C)C)C(C)(C)C5CCC4(C)C2(C)CC3)CC1. The van der Waals surface area contributed by atoms with Crippen molar-refractivity contribution in [1.82, 2.24) is 4.90 Å². The summed E-state index contributed by atoms with van der Waals surface area (Å²) >= 11 is 0. The third-order valence-electron chi connectivity index (χ3n) is 20.2. The van der Waals surface area contributed by atoms with Gasteiger partial charge in [0.1, 0.15) is 6.10 Å². The second-order valence-electron chi connectivity index (χ2n) is 22.8. The topological polar surface area (TPSA) is 102 Å². The van der Waals surface area contributed by atoms with Crippen molar-refractivity contribution in [2.24, 2.45) is 79.3 Å². The minimum Gasteiger partial charge on any atom is -0.481 e. The molecule has 1 aliphatic heterocycles. The third kappa shape index (κ3) is 5.79. The molecule has 7 saturated carbocycles. The summed E-state index contributed by atoms with van der Waals surface area (Å²) in [4.78, 5) is 42.9. The summed E-state index contributed by atoms with van der Waals surface area (Å²) < 4.78 is 17.8. The van der Waals surface area contributed by atoms with Gasteiger partial charge in [0, 0.05) is 25.6 Å². The van der Waals surface area contributed by atoms with Gasteiger partial charge in [0.15, 0.2) is 0 Å². The van der Waals surface area contributed by atoms with Gasteiger partial charge in [0.2, 0.25) is 5.91 Å². The van der Waals surface area contributed by atoms with Gasteiger partial charge in [-0.25, -0.2) is 0 Å². The van der Waals surface area contributed by atoms with E-state index in [-0.39, 0.29) is 51.2 Å². The summed E-state index contributed by atoms with van der Waals surface area (Å²) in [5.41, 5.74) is 0.00974. The van der Waals surface area contributed by atoms with Crippen molar-refractivity contribution in [2.75, 3.05) is 33.4 Å². The molecular weight excluding hydrogens is 691 g/mol. The first-order valence-corrected chi connectivity index (χ1v) is 22.6. The molecule has 8 aliphatic rings. The minimum atomic E-state index is -0.808. The van der Waals surface area contributed by atoms with E-state index in [1.807, 2.05) is 13.8 Å². The Bertz CT molecular complexity index is 1530. The zero-order valence-corrected chi connectivity index (χ0v) is 36.0. The molecule has 1 N–H and O–H groups in total. The number of carboxylic acids is 1. The Balaban J connectivity index is 1.02. The van der Waals surface area contributed by atoms with E-state index < -0.39 is 17.3 Å². The lowest BCUT2D eigenvalue weighted by Crippen LogP contribution is -2.68. The van der Waals surface area contributed by atoms with Gasteiger partial charge in [0.25, 0.3) is 0 Å². The number of hydrogen-bond acceptors (Lipinski definition) is 6. The van der Waals surface area contributed by atoms with Crippen molar-refractivity contribution in [3.63, 3.8) is 0 Å². The van der Waals surface area contributed by atoms with Gasteiger partial charge >= 0.3 is 11.9 Å². The van der Waals surface area contributed by atoms with E-state index in [9.17, 15) is 14.7 Å². The molecular formula is C47H75NO7. The Hall–Kier alpha value is -1.67. The number of esters is 1. The van der Waals surface area contributed by atoms with Crippen LogP contribution in [0.25, 0.3) is 0 Å². The molecule has 8 rings (SSSR count). The number of likely N-dealkylation sites (tertiary alicyclic amines) is 1. The summed E-state index contributed by atoms with van der Waals surface area (Å²) in [5, 5.41) is 9.68. The fourth-order valence-corrected chi connectivity index (χ4v) is 16.3. The number of rotatable bonds is 9. The molecule has 8 heteroatoms. The lowest BCUT2D eigenvalue weighted by molar-refractivity contribution is -0.253. The number of ether oxygens (including phenoxy) is 3. The smallest absolute Gasteiger partial charge is 0.309 e. The molecule has 0 aromatic heterocycles. The van der Waals surface area contributed by atoms with Gasteiger partial charge in [-0.05, 0) is 153 Å². The lowest BCUT2D eigenvalue weighted by Gasteiger charge is -2.73. The highest BCUT2D eigenvalue weighted by Gasteiger charge is 2.74. The average molecular weight is 766 g/mol. The summed E-state index contributed by atoms with van der Waals surface area (Å²) in [6.45, 7) is 22.0. The molecule has 8 nitrogen and oxygen atoms in total. The largest absolute Gasteiger partial charge is 0.481 e. The number of amides is 1. The summed E-state index contributed by atoms with van der Waals surface area (Å²) in [7, 11) is 1.72. The molecule has 12 atom stereocenters. The number of hydrogen-bond donors (Lipinski definition) is 1. The maximum Gasteiger partial charge on any atom is 0.309 e.